The van der Waals surface area contributed by atoms with Crippen molar-refractivity contribution in [3.8, 4) is 17.2 Å². The number of carbonyl (C=O) groups is 2. The Labute approximate surface area is 222 Å². The van der Waals surface area contributed by atoms with Crippen LogP contribution in [0.15, 0.2) is 72.3 Å². The summed E-state index contributed by atoms with van der Waals surface area (Å²) in [5.41, 5.74) is 7.66. The number of aryl methyl sites for hydroxylation is 1. The van der Waals surface area contributed by atoms with E-state index >= 15 is 0 Å². The number of unbranched alkanes of at least 4 members (excludes halogenated alkanes) is 1. The topological polar surface area (TPSA) is 102 Å². The quantitative estimate of drug-likeness (QED) is 0.185. The minimum absolute atomic E-state index is 0.224. The maximum absolute atomic E-state index is 11.1. The van der Waals surface area contributed by atoms with Crippen LogP contribution in [0.5, 0.6) is 0 Å². The first-order chi connectivity index (χ1) is 18.4. The van der Waals surface area contributed by atoms with Crippen molar-refractivity contribution >= 4 is 29.4 Å². The fourth-order valence-electron chi connectivity index (χ4n) is 5.88. The molecule has 192 valence electrons. The zero-order valence-electron chi connectivity index (χ0n) is 21.1. The average molecular weight is 507 g/mol. The van der Waals surface area contributed by atoms with Gasteiger partial charge < -0.3 is 15.1 Å². The van der Waals surface area contributed by atoms with E-state index < -0.39 is 11.9 Å². The Morgan fingerprint density at radius 2 is 1.68 bits per heavy atom. The highest BCUT2D eigenvalue weighted by Gasteiger charge is 2.42. The molecule has 6 nitrogen and oxygen atoms in total. The summed E-state index contributed by atoms with van der Waals surface area (Å²) in [7, 11) is 0. The molecule has 0 saturated heterocycles. The first-order valence-electron chi connectivity index (χ1n) is 13.1. The van der Waals surface area contributed by atoms with Crippen molar-refractivity contribution in [2.24, 2.45) is 0 Å². The molecule has 0 bridgehead atoms. The van der Waals surface area contributed by atoms with E-state index in [1.54, 1.807) is 6.07 Å². The molecular formula is C32H30N2O4. The Morgan fingerprint density at radius 3 is 2.37 bits per heavy atom. The molecule has 5 rings (SSSR count). The summed E-state index contributed by atoms with van der Waals surface area (Å²) in [6.45, 7) is 0. The highest BCUT2D eigenvalue weighted by Crippen LogP contribution is 2.53. The summed E-state index contributed by atoms with van der Waals surface area (Å²) < 4.78 is 0. The van der Waals surface area contributed by atoms with Gasteiger partial charge in [-0.25, -0.2) is 4.79 Å². The van der Waals surface area contributed by atoms with E-state index in [-0.39, 0.29) is 12.0 Å². The number of hydrogen-bond acceptors (Lipinski definition) is 4. The SMILES string of the molecule is N#CC(=Cc1ccc(-c2ccc3c(c2)C2CCCC2N3c2ccc(CCCCC(=O)O)cc2)cc1)C(=O)O. The Morgan fingerprint density at radius 1 is 0.947 bits per heavy atom. The highest BCUT2D eigenvalue weighted by atomic mass is 16.4. The largest absolute Gasteiger partial charge is 0.481 e. The molecule has 6 heteroatoms. The summed E-state index contributed by atoms with van der Waals surface area (Å²) >= 11 is 0. The number of nitrogens with zero attached hydrogens (tertiary/aromatic N) is 2. The van der Waals surface area contributed by atoms with Crippen LogP contribution in [-0.4, -0.2) is 28.2 Å². The van der Waals surface area contributed by atoms with E-state index in [0.29, 0.717) is 23.9 Å². The smallest absolute Gasteiger partial charge is 0.346 e. The summed E-state index contributed by atoms with van der Waals surface area (Å²) in [6, 6.07) is 25.2. The summed E-state index contributed by atoms with van der Waals surface area (Å²) in [5, 5.41) is 26.9. The maximum atomic E-state index is 11.1. The van der Waals surface area contributed by atoms with Gasteiger partial charge in [0.2, 0.25) is 0 Å². The van der Waals surface area contributed by atoms with Gasteiger partial charge in [-0.15, -0.1) is 0 Å². The van der Waals surface area contributed by atoms with E-state index in [1.807, 2.05) is 24.3 Å². The molecule has 2 aliphatic rings. The van der Waals surface area contributed by atoms with Crippen LogP contribution < -0.4 is 4.90 Å². The molecule has 3 aromatic carbocycles. The first-order valence-corrected chi connectivity index (χ1v) is 13.1. The lowest BCUT2D eigenvalue weighted by Gasteiger charge is -2.27. The zero-order chi connectivity index (χ0) is 26.6. The van der Waals surface area contributed by atoms with Crippen molar-refractivity contribution in [1.29, 1.82) is 5.26 Å². The first kappa shape index (κ1) is 25.3. The molecule has 1 aliphatic carbocycles. The molecule has 3 aromatic rings. The van der Waals surface area contributed by atoms with Gasteiger partial charge in [0, 0.05) is 29.8 Å². The predicted molar refractivity (Wildman–Crippen MR) is 147 cm³/mol. The van der Waals surface area contributed by atoms with Gasteiger partial charge in [0.15, 0.2) is 0 Å². The predicted octanol–water partition coefficient (Wildman–Crippen LogP) is 6.93. The lowest BCUT2D eigenvalue weighted by atomic mass is 9.93. The number of fused-ring (bicyclic) bond motifs is 3. The number of hydrogen-bond donors (Lipinski definition) is 2. The van der Waals surface area contributed by atoms with Crippen molar-refractivity contribution in [3.05, 3.63) is 89.0 Å². The second-order valence-electron chi connectivity index (χ2n) is 10.1. The number of rotatable bonds is 9. The molecule has 1 saturated carbocycles. The van der Waals surface area contributed by atoms with Gasteiger partial charge in [0.1, 0.15) is 11.6 Å². The zero-order valence-corrected chi connectivity index (χ0v) is 21.1. The Balaban J connectivity index is 1.37. The van der Waals surface area contributed by atoms with E-state index in [1.165, 1.54) is 41.4 Å². The van der Waals surface area contributed by atoms with Crippen LogP contribution in [0.2, 0.25) is 0 Å². The molecule has 0 aromatic heterocycles. The molecule has 0 amide bonds. The van der Waals surface area contributed by atoms with E-state index in [0.717, 1.165) is 30.4 Å². The minimum atomic E-state index is -1.23. The van der Waals surface area contributed by atoms with E-state index in [4.69, 9.17) is 15.5 Å². The third-order valence-electron chi connectivity index (χ3n) is 7.72. The summed E-state index contributed by atoms with van der Waals surface area (Å²) in [6.07, 6.45) is 7.63. The van der Waals surface area contributed by atoms with Gasteiger partial charge in [0.05, 0.1) is 0 Å². The number of carboxylic acids is 2. The molecular weight excluding hydrogens is 476 g/mol. The molecule has 38 heavy (non-hydrogen) atoms. The Bertz CT molecular complexity index is 1420. The number of benzene rings is 3. The summed E-state index contributed by atoms with van der Waals surface area (Å²) in [5.74, 6) is -1.46. The summed E-state index contributed by atoms with van der Waals surface area (Å²) in [4.78, 5) is 24.4. The van der Waals surface area contributed by atoms with Crippen LogP contribution in [-0.2, 0) is 16.0 Å². The molecule has 0 spiro atoms. The van der Waals surface area contributed by atoms with Crippen LogP contribution in [0, 0.1) is 11.3 Å². The third kappa shape index (κ3) is 5.19. The van der Waals surface area contributed by atoms with Crippen molar-refractivity contribution in [3.63, 3.8) is 0 Å². The van der Waals surface area contributed by atoms with Crippen LogP contribution in [0.4, 0.5) is 11.4 Å². The van der Waals surface area contributed by atoms with Crippen LogP contribution in [0.3, 0.4) is 0 Å². The van der Waals surface area contributed by atoms with Crippen molar-refractivity contribution in [2.45, 2.75) is 56.9 Å². The van der Waals surface area contributed by atoms with Gasteiger partial charge in [-0.1, -0.05) is 48.9 Å². The van der Waals surface area contributed by atoms with Crippen molar-refractivity contribution in [2.75, 3.05) is 4.90 Å². The molecule has 1 heterocycles. The molecule has 1 aliphatic heterocycles. The average Bonchev–Trinajstić information content (AvgIpc) is 3.51. The van der Waals surface area contributed by atoms with Gasteiger partial charge in [-0.2, -0.15) is 5.26 Å². The number of carboxylic acid groups (broad SMARTS) is 2. The second-order valence-corrected chi connectivity index (χ2v) is 10.1. The fraction of sp³-hybridized carbons (Fsp3) is 0.281. The number of aliphatic carboxylic acids is 2. The second kappa shape index (κ2) is 10.9. The minimum Gasteiger partial charge on any atom is -0.481 e. The molecule has 2 unspecified atom stereocenters. The third-order valence-corrected chi connectivity index (χ3v) is 7.72. The van der Waals surface area contributed by atoms with Crippen molar-refractivity contribution < 1.29 is 19.8 Å². The monoisotopic (exact) mass is 506 g/mol. The van der Waals surface area contributed by atoms with E-state index in [2.05, 4.69) is 47.4 Å². The molecule has 2 atom stereocenters. The van der Waals surface area contributed by atoms with Crippen LogP contribution in [0.25, 0.3) is 17.2 Å². The van der Waals surface area contributed by atoms with Gasteiger partial charge in [-0.3, -0.25) is 4.79 Å². The van der Waals surface area contributed by atoms with Crippen LogP contribution in [0.1, 0.15) is 61.1 Å². The lowest BCUT2D eigenvalue weighted by Crippen LogP contribution is -2.26. The number of nitriles is 1. The normalized spacial score (nSPS) is 18.1. The highest BCUT2D eigenvalue weighted by molar-refractivity contribution is 5.96. The molecule has 1 fully saturated rings. The fourth-order valence-corrected chi connectivity index (χ4v) is 5.88. The molecule has 2 N–H and O–H groups in total. The standard InChI is InChI=1S/C32H30N2O4/c33-20-25(32(37)38)18-22-8-12-23(13-9-22)24-14-17-30-28(19-24)27-5-3-6-29(27)34(30)26-15-10-21(11-16-26)4-1-2-7-31(35)36/h8-19,27,29H,1-7H2,(H,35,36)(H,37,38). The van der Waals surface area contributed by atoms with Crippen molar-refractivity contribution in [1.82, 2.24) is 0 Å². The molecule has 0 radical (unpaired) electrons. The van der Waals surface area contributed by atoms with E-state index in [9.17, 15) is 9.59 Å². The number of anilines is 2. The van der Waals surface area contributed by atoms with Gasteiger partial charge >= 0.3 is 11.9 Å². The Kier molecular flexibility index (Phi) is 7.28. The van der Waals surface area contributed by atoms with Crippen LogP contribution >= 0.6 is 0 Å². The van der Waals surface area contributed by atoms with Gasteiger partial charge in [0.25, 0.3) is 0 Å². The van der Waals surface area contributed by atoms with Gasteiger partial charge in [-0.05, 0) is 90.3 Å². The maximum Gasteiger partial charge on any atom is 0.346 e. The Hall–Kier alpha value is -4.37. The lowest BCUT2D eigenvalue weighted by molar-refractivity contribution is -0.137.